The highest BCUT2D eigenvalue weighted by atomic mass is 19.1. The van der Waals surface area contributed by atoms with Crippen molar-refractivity contribution in [2.45, 2.75) is 0 Å². The van der Waals surface area contributed by atoms with Gasteiger partial charge in [0.2, 0.25) is 0 Å². The second kappa shape index (κ2) is 2.44. The van der Waals surface area contributed by atoms with E-state index >= 15 is 0 Å². The van der Waals surface area contributed by atoms with Gasteiger partial charge in [-0.15, -0.1) is 0 Å². The first kappa shape index (κ1) is 7.03. The molecule has 0 aliphatic rings. The predicted molar refractivity (Wildman–Crippen MR) is 44.9 cm³/mol. The first-order valence-electron chi connectivity index (χ1n) is 3.49. The minimum Gasteiger partial charge on any atom is -0.381 e. The molecule has 1 heterocycles. The molecule has 0 spiro atoms. The lowest BCUT2D eigenvalue weighted by Crippen LogP contribution is -1.94. The minimum absolute atomic E-state index is 0.0675. The average Bonchev–Trinajstić information content (AvgIpc) is 2.07. The van der Waals surface area contributed by atoms with E-state index in [0.29, 0.717) is 5.52 Å². The molecule has 0 bridgehead atoms. The summed E-state index contributed by atoms with van der Waals surface area (Å²) in [6, 6.07) is 9.33. The number of benzene rings is 1. The zero-order valence-corrected chi connectivity index (χ0v) is 6.21. The van der Waals surface area contributed by atoms with Crippen molar-refractivity contribution in [2.75, 3.05) is 5.73 Å². The Balaban J connectivity index is 2.84. The molecule has 0 saturated heterocycles. The van der Waals surface area contributed by atoms with E-state index in [4.69, 9.17) is 5.73 Å². The highest BCUT2D eigenvalue weighted by Gasteiger charge is 2.00. The maximum Gasteiger partial charge on any atom is 0.165 e. The maximum absolute atomic E-state index is 12.9. The molecule has 3 heteroatoms. The third-order valence-corrected chi connectivity index (χ3v) is 1.64. The van der Waals surface area contributed by atoms with Crippen LogP contribution >= 0.6 is 0 Å². The molecule has 0 aliphatic heterocycles. The molecule has 0 amide bonds. The molecule has 1 aromatic heterocycles. The number of pyridine rings is 1. The van der Waals surface area contributed by atoms with Gasteiger partial charge in [-0.3, -0.25) is 0 Å². The van der Waals surface area contributed by atoms with Crippen molar-refractivity contribution in [1.29, 1.82) is 0 Å². The van der Waals surface area contributed by atoms with Crippen molar-refractivity contribution in [3.63, 3.8) is 0 Å². The largest absolute Gasteiger partial charge is 0.381 e. The Kier molecular flexibility index (Phi) is 1.43. The van der Waals surface area contributed by atoms with E-state index in [-0.39, 0.29) is 5.82 Å². The van der Waals surface area contributed by atoms with Crippen LogP contribution in [0.3, 0.4) is 0 Å². The summed E-state index contributed by atoms with van der Waals surface area (Å²) >= 11 is 0. The van der Waals surface area contributed by atoms with Gasteiger partial charge in [0.25, 0.3) is 0 Å². The molecule has 2 nitrogen and oxygen atoms in total. The van der Waals surface area contributed by atoms with Gasteiger partial charge in [-0.1, -0.05) is 12.1 Å². The molecule has 2 aromatic rings. The fourth-order valence-corrected chi connectivity index (χ4v) is 1.05. The lowest BCUT2D eigenvalue weighted by molar-refractivity contribution is 0.630. The fourth-order valence-electron chi connectivity index (χ4n) is 1.05. The number of hydrogen-bond donors (Lipinski definition) is 1. The predicted octanol–water partition coefficient (Wildman–Crippen LogP) is 1.76. The van der Waals surface area contributed by atoms with Crippen molar-refractivity contribution >= 4 is 16.7 Å². The zero-order valence-electron chi connectivity index (χ0n) is 6.21. The molecule has 2 N–H and O–H groups in total. The quantitative estimate of drug-likeness (QED) is 0.639. The number of nitrogens with zero attached hydrogens (tertiary/aromatic N) is 1. The van der Waals surface area contributed by atoms with E-state index in [2.05, 4.69) is 11.1 Å². The number of rotatable bonds is 0. The first-order chi connectivity index (χ1) is 5.77. The van der Waals surface area contributed by atoms with Crippen molar-refractivity contribution in [3.05, 3.63) is 36.1 Å². The highest BCUT2D eigenvalue weighted by molar-refractivity contribution is 5.79. The van der Waals surface area contributed by atoms with Crippen molar-refractivity contribution in [1.82, 2.24) is 4.98 Å². The number of hydrogen-bond acceptors (Lipinski definition) is 2. The van der Waals surface area contributed by atoms with Crippen LogP contribution in [0, 0.1) is 11.9 Å². The standard InChI is InChI=1S/C9H6FN2/c10-7-5-6-3-1-2-4-8(6)12-9(7)11/h1,3-5H,(H2,11,12). The third kappa shape index (κ3) is 0.993. The summed E-state index contributed by atoms with van der Waals surface area (Å²) in [4.78, 5) is 3.85. The highest BCUT2D eigenvalue weighted by Crippen LogP contribution is 2.15. The lowest BCUT2D eigenvalue weighted by atomic mass is 10.2. The van der Waals surface area contributed by atoms with Gasteiger partial charge in [-0.05, 0) is 18.2 Å². The third-order valence-electron chi connectivity index (χ3n) is 1.64. The van der Waals surface area contributed by atoms with Crippen LogP contribution in [0.25, 0.3) is 10.9 Å². The summed E-state index contributed by atoms with van der Waals surface area (Å²) < 4.78 is 12.9. The topological polar surface area (TPSA) is 38.9 Å². The SMILES string of the molecule is Nc1nc2c[c]ccc2cc1F. The van der Waals surface area contributed by atoms with Crippen LogP contribution in [-0.4, -0.2) is 4.98 Å². The van der Waals surface area contributed by atoms with Crippen LogP contribution in [0.15, 0.2) is 24.3 Å². The molecule has 0 aliphatic carbocycles. The van der Waals surface area contributed by atoms with Gasteiger partial charge in [-0.25, -0.2) is 9.37 Å². The number of aromatic nitrogens is 1. The molecule has 0 saturated carbocycles. The summed E-state index contributed by atoms with van der Waals surface area (Å²) in [5.41, 5.74) is 5.95. The zero-order chi connectivity index (χ0) is 8.55. The summed E-state index contributed by atoms with van der Waals surface area (Å²) in [6.45, 7) is 0. The molecule has 1 radical (unpaired) electrons. The van der Waals surface area contributed by atoms with Gasteiger partial charge in [0, 0.05) is 5.39 Å². The summed E-state index contributed by atoms with van der Waals surface area (Å²) in [5, 5.41) is 0.737. The molecule has 0 unspecified atom stereocenters. The number of nitrogens with two attached hydrogens (primary N) is 1. The Morgan fingerprint density at radius 2 is 2.33 bits per heavy atom. The normalized spacial score (nSPS) is 10.4. The summed E-state index contributed by atoms with van der Waals surface area (Å²) in [6.07, 6.45) is 0. The molecule has 0 atom stereocenters. The van der Waals surface area contributed by atoms with Crippen LogP contribution < -0.4 is 5.73 Å². The molecule has 59 valence electrons. The average molecular weight is 161 g/mol. The Bertz CT molecular complexity index is 385. The molecule has 0 fully saturated rings. The molecule has 12 heavy (non-hydrogen) atoms. The Hall–Kier alpha value is -1.64. The monoisotopic (exact) mass is 161 g/mol. The Morgan fingerprint density at radius 1 is 1.50 bits per heavy atom. The minimum atomic E-state index is -0.478. The van der Waals surface area contributed by atoms with E-state index in [9.17, 15) is 4.39 Å². The van der Waals surface area contributed by atoms with E-state index in [1.165, 1.54) is 6.07 Å². The van der Waals surface area contributed by atoms with E-state index in [0.717, 1.165) is 5.39 Å². The van der Waals surface area contributed by atoms with Crippen LogP contribution in [0.2, 0.25) is 0 Å². The molecular weight excluding hydrogens is 155 g/mol. The van der Waals surface area contributed by atoms with Gasteiger partial charge >= 0.3 is 0 Å². The van der Waals surface area contributed by atoms with E-state index in [1.54, 1.807) is 18.2 Å². The number of nitrogen functional groups attached to an aromatic ring is 1. The van der Waals surface area contributed by atoms with Gasteiger partial charge in [0.1, 0.15) is 0 Å². The Labute approximate surface area is 68.8 Å². The number of anilines is 1. The van der Waals surface area contributed by atoms with E-state index < -0.39 is 5.82 Å². The fraction of sp³-hybridized carbons (Fsp3) is 0. The van der Waals surface area contributed by atoms with Crippen LogP contribution in [-0.2, 0) is 0 Å². The Morgan fingerprint density at radius 3 is 3.17 bits per heavy atom. The summed E-state index contributed by atoms with van der Waals surface area (Å²) in [7, 11) is 0. The molecule has 1 aromatic carbocycles. The lowest BCUT2D eigenvalue weighted by Gasteiger charge is -1.98. The van der Waals surface area contributed by atoms with Crippen molar-refractivity contribution in [2.24, 2.45) is 0 Å². The van der Waals surface area contributed by atoms with Crippen molar-refractivity contribution in [3.8, 4) is 0 Å². The molecular formula is C9H6FN2. The second-order valence-electron chi connectivity index (χ2n) is 2.47. The number of fused-ring (bicyclic) bond motifs is 1. The maximum atomic E-state index is 12.9. The van der Waals surface area contributed by atoms with Gasteiger partial charge in [0.05, 0.1) is 5.52 Å². The smallest absolute Gasteiger partial charge is 0.165 e. The van der Waals surface area contributed by atoms with Gasteiger partial charge in [-0.2, -0.15) is 0 Å². The van der Waals surface area contributed by atoms with E-state index in [1.807, 2.05) is 0 Å². The van der Waals surface area contributed by atoms with Crippen LogP contribution in [0.1, 0.15) is 0 Å². The first-order valence-corrected chi connectivity index (χ1v) is 3.49. The van der Waals surface area contributed by atoms with Crippen molar-refractivity contribution < 1.29 is 4.39 Å². The van der Waals surface area contributed by atoms with Crippen LogP contribution in [0.4, 0.5) is 10.2 Å². The second-order valence-corrected chi connectivity index (χ2v) is 2.47. The van der Waals surface area contributed by atoms with Gasteiger partial charge < -0.3 is 5.73 Å². The molecule has 2 rings (SSSR count). The number of halogens is 1. The van der Waals surface area contributed by atoms with Crippen LogP contribution in [0.5, 0.6) is 0 Å². The van der Waals surface area contributed by atoms with Gasteiger partial charge in [0.15, 0.2) is 11.6 Å². The summed E-state index contributed by atoms with van der Waals surface area (Å²) in [5.74, 6) is -0.546.